The molecule has 0 aliphatic heterocycles. The molecule has 7 heteroatoms. The normalized spacial score (nSPS) is 11.6. The van der Waals surface area contributed by atoms with Crippen LogP contribution in [0.1, 0.15) is 19.8 Å². The topological polar surface area (TPSA) is 90.0 Å². The van der Waals surface area contributed by atoms with E-state index in [4.69, 9.17) is 5.11 Å². The minimum atomic E-state index is -0.889. The van der Waals surface area contributed by atoms with Crippen molar-refractivity contribution in [1.82, 2.24) is 15.1 Å². The van der Waals surface area contributed by atoms with Crippen molar-refractivity contribution in [3.05, 3.63) is 0 Å². The Hall–Kier alpha value is -1.79. The maximum atomic E-state index is 11.7. The monoisotopic (exact) mass is 259 g/mol. The molecule has 2 N–H and O–H groups in total. The van der Waals surface area contributed by atoms with Gasteiger partial charge in [-0.3, -0.25) is 9.59 Å². The Morgan fingerprint density at radius 1 is 1.22 bits per heavy atom. The molecule has 0 heterocycles. The molecule has 0 fully saturated rings. The van der Waals surface area contributed by atoms with E-state index in [1.807, 2.05) is 0 Å². The minimum Gasteiger partial charge on any atom is -0.481 e. The van der Waals surface area contributed by atoms with Gasteiger partial charge < -0.3 is 20.2 Å². The summed E-state index contributed by atoms with van der Waals surface area (Å²) in [6.45, 7) is 1.94. The van der Waals surface area contributed by atoms with Gasteiger partial charge >= 0.3 is 12.0 Å². The van der Waals surface area contributed by atoms with Crippen molar-refractivity contribution in [1.29, 1.82) is 0 Å². The fourth-order valence-electron chi connectivity index (χ4n) is 1.31. The zero-order chi connectivity index (χ0) is 14.3. The number of hydrogen-bond acceptors (Lipinski definition) is 3. The number of urea groups is 1. The van der Waals surface area contributed by atoms with Gasteiger partial charge in [0.1, 0.15) is 6.04 Å². The number of carboxylic acid groups (broad SMARTS) is 1. The van der Waals surface area contributed by atoms with E-state index in [0.29, 0.717) is 13.0 Å². The first-order valence-corrected chi connectivity index (χ1v) is 5.70. The van der Waals surface area contributed by atoms with Crippen LogP contribution < -0.4 is 5.32 Å². The van der Waals surface area contributed by atoms with Crippen LogP contribution in [0.4, 0.5) is 4.79 Å². The molecule has 0 saturated carbocycles. The lowest BCUT2D eigenvalue weighted by Crippen LogP contribution is -2.48. The summed E-state index contributed by atoms with van der Waals surface area (Å²) in [6.07, 6.45) is 0.402. The maximum Gasteiger partial charge on any atom is 0.317 e. The Morgan fingerprint density at radius 3 is 2.22 bits per heavy atom. The molecule has 0 aliphatic carbocycles. The van der Waals surface area contributed by atoms with Crippen LogP contribution in [0.2, 0.25) is 0 Å². The van der Waals surface area contributed by atoms with Crippen LogP contribution in [0.25, 0.3) is 0 Å². The second-order valence-corrected chi connectivity index (χ2v) is 4.32. The first-order valence-electron chi connectivity index (χ1n) is 5.70. The van der Waals surface area contributed by atoms with Crippen LogP contribution >= 0.6 is 0 Å². The van der Waals surface area contributed by atoms with Crippen LogP contribution in [0.15, 0.2) is 0 Å². The van der Waals surface area contributed by atoms with Gasteiger partial charge in [0.25, 0.3) is 0 Å². The highest BCUT2D eigenvalue weighted by molar-refractivity contribution is 5.86. The average Bonchev–Trinajstić information content (AvgIpc) is 2.26. The van der Waals surface area contributed by atoms with Crippen molar-refractivity contribution >= 4 is 17.9 Å². The third-order valence-electron chi connectivity index (χ3n) is 2.38. The molecule has 3 amide bonds. The highest BCUT2D eigenvalue weighted by Crippen LogP contribution is 1.96. The summed E-state index contributed by atoms with van der Waals surface area (Å²) in [4.78, 5) is 36.3. The third kappa shape index (κ3) is 6.07. The molecule has 0 radical (unpaired) electrons. The molecule has 0 rings (SSSR count). The summed E-state index contributed by atoms with van der Waals surface area (Å²) in [7, 11) is 4.78. The molecule has 0 aromatic rings. The molecule has 1 unspecified atom stereocenters. The molecule has 104 valence electrons. The van der Waals surface area contributed by atoms with Gasteiger partial charge in [0.15, 0.2) is 0 Å². The van der Waals surface area contributed by atoms with Gasteiger partial charge in [0.2, 0.25) is 5.91 Å². The largest absolute Gasteiger partial charge is 0.481 e. The van der Waals surface area contributed by atoms with Crippen LogP contribution in [0, 0.1) is 0 Å². The van der Waals surface area contributed by atoms with Crippen LogP contribution in [-0.4, -0.2) is 66.5 Å². The Bertz CT molecular complexity index is 317. The molecule has 0 spiro atoms. The Labute approximate surface area is 107 Å². The second-order valence-electron chi connectivity index (χ2n) is 4.32. The molecule has 0 saturated heterocycles. The van der Waals surface area contributed by atoms with E-state index < -0.39 is 12.0 Å². The molecular weight excluding hydrogens is 238 g/mol. The molecule has 0 aromatic heterocycles. The van der Waals surface area contributed by atoms with Gasteiger partial charge in [0.05, 0.1) is 0 Å². The highest BCUT2D eigenvalue weighted by Gasteiger charge is 2.18. The van der Waals surface area contributed by atoms with E-state index in [-0.39, 0.29) is 18.4 Å². The van der Waals surface area contributed by atoms with E-state index in [2.05, 4.69) is 5.32 Å². The maximum absolute atomic E-state index is 11.7. The lowest BCUT2D eigenvalue weighted by Gasteiger charge is -2.22. The number of nitrogens with one attached hydrogen (secondary N) is 1. The van der Waals surface area contributed by atoms with Gasteiger partial charge in [-0.15, -0.1) is 0 Å². The van der Waals surface area contributed by atoms with Gasteiger partial charge in [-0.05, 0) is 13.3 Å². The van der Waals surface area contributed by atoms with Gasteiger partial charge in [0, 0.05) is 34.1 Å². The molecular formula is C11H21N3O4. The number of rotatable bonds is 6. The molecule has 7 nitrogen and oxygen atoms in total. The first kappa shape index (κ1) is 16.2. The summed E-state index contributed by atoms with van der Waals surface area (Å²) >= 11 is 0. The van der Waals surface area contributed by atoms with Crippen molar-refractivity contribution in [2.24, 2.45) is 0 Å². The van der Waals surface area contributed by atoms with E-state index in [1.54, 1.807) is 28.1 Å². The lowest BCUT2D eigenvalue weighted by atomic mass is 10.3. The summed E-state index contributed by atoms with van der Waals surface area (Å²) in [5, 5.41) is 11.0. The van der Waals surface area contributed by atoms with Crippen molar-refractivity contribution in [3.8, 4) is 0 Å². The van der Waals surface area contributed by atoms with Crippen molar-refractivity contribution in [2.45, 2.75) is 25.8 Å². The summed E-state index contributed by atoms with van der Waals surface area (Å²) in [6, 6.07) is -0.988. The van der Waals surface area contributed by atoms with Crippen LogP contribution in [0.5, 0.6) is 0 Å². The van der Waals surface area contributed by atoms with Gasteiger partial charge in [-0.1, -0.05) is 0 Å². The predicted octanol–water partition coefficient (Wildman–Crippen LogP) is -0.0307. The number of amides is 3. The predicted molar refractivity (Wildman–Crippen MR) is 66.2 cm³/mol. The third-order valence-corrected chi connectivity index (χ3v) is 2.38. The van der Waals surface area contributed by atoms with E-state index >= 15 is 0 Å². The van der Waals surface area contributed by atoms with E-state index in [1.165, 1.54) is 9.80 Å². The molecule has 18 heavy (non-hydrogen) atoms. The lowest BCUT2D eigenvalue weighted by molar-refractivity contribution is -0.137. The number of aliphatic carboxylic acids is 1. The van der Waals surface area contributed by atoms with E-state index in [0.717, 1.165) is 0 Å². The SMILES string of the molecule is CC(NC(=O)N(C)CCCC(=O)O)C(=O)N(C)C. The van der Waals surface area contributed by atoms with Crippen molar-refractivity contribution < 1.29 is 19.5 Å². The Balaban J connectivity index is 4.07. The van der Waals surface area contributed by atoms with Gasteiger partial charge in [-0.2, -0.15) is 0 Å². The summed E-state index contributed by atoms with van der Waals surface area (Å²) in [5.74, 6) is -1.08. The second kappa shape index (κ2) is 7.52. The number of likely N-dealkylation sites (N-methyl/N-ethyl adjacent to an activating group) is 1. The summed E-state index contributed by atoms with van der Waals surface area (Å²) < 4.78 is 0. The van der Waals surface area contributed by atoms with Crippen LogP contribution in [0.3, 0.4) is 0 Å². The average molecular weight is 259 g/mol. The molecule has 0 aliphatic rings. The zero-order valence-electron chi connectivity index (χ0n) is 11.3. The van der Waals surface area contributed by atoms with Gasteiger partial charge in [-0.25, -0.2) is 4.79 Å². The fourth-order valence-corrected chi connectivity index (χ4v) is 1.31. The quantitative estimate of drug-likeness (QED) is 0.701. The van der Waals surface area contributed by atoms with Crippen molar-refractivity contribution in [2.75, 3.05) is 27.7 Å². The number of nitrogens with zero attached hydrogens (tertiary/aromatic N) is 2. The first-order chi connectivity index (χ1) is 8.25. The molecule has 0 aromatic carbocycles. The smallest absolute Gasteiger partial charge is 0.317 e. The number of hydrogen-bond donors (Lipinski definition) is 2. The highest BCUT2D eigenvalue weighted by atomic mass is 16.4. The number of carboxylic acids is 1. The molecule has 0 bridgehead atoms. The Morgan fingerprint density at radius 2 is 1.78 bits per heavy atom. The zero-order valence-corrected chi connectivity index (χ0v) is 11.3. The standard InChI is InChI=1S/C11H21N3O4/c1-8(10(17)13(2)3)12-11(18)14(4)7-5-6-9(15)16/h8H,5-7H2,1-4H3,(H,12,18)(H,15,16). The fraction of sp³-hybridized carbons (Fsp3) is 0.727. The number of carbonyl (C=O) groups excluding carboxylic acids is 2. The number of carbonyl (C=O) groups is 3. The van der Waals surface area contributed by atoms with Crippen LogP contribution in [-0.2, 0) is 9.59 Å². The van der Waals surface area contributed by atoms with Crippen molar-refractivity contribution in [3.63, 3.8) is 0 Å². The molecule has 1 atom stereocenters. The van der Waals surface area contributed by atoms with E-state index in [9.17, 15) is 14.4 Å². The Kier molecular flexibility index (Phi) is 6.77. The minimum absolute atomic E-state index is 0.0177. The summed E-state index contributed by atoms with van der Waals surface area (Å²) in [5.41, 5.74) is 0.